The van der Waals surface area contributed by atoms with Crippen LogP contribution in [0.1, 0.15) is 18.5 Å². The van der Waals surface area contributed by atoms with E-state index in [0.717, 1.165) is 42.9 Å². The summed E-state index contributed by atoms with van der Waals surface area (Å²) in [5.41, 5.74) is 4.52. The minimum atomic E-state index is -0.295. The first kappa shape index (κ1) is 26.4. The molecule has 11 heteroatoms. The number of hydrogen-bond acceptors (Lipinski definition) is 8. The molecule has 0 radical (unpaired) electrons. The number of nitrogens with zero attached hydrogens (tertiary/aromatic N) is 6. The lowest BCUT2D eigenvalue weighted by atomic mass is 10.0. The number of hydrogen-bond donors (Lipinski definition) is 2. The molecule has 4 rings (SSSR count). The Morgan fingerprint density at radius 2 is 1.97 bits per heavy atom. The predicted octanol–water partition coefficient (Wildman–Crippen LogP) is 4.25. The number of methoxy groups -OCH3 is 1. The van der Waals surface area contributed by atoms with E-state index in [4.69, 9.17) is 16.3 Å². The molecule has 37 heavy (non-hydrogen) atoms. The Morgan fingerprint density at radius 1 is 1.24 bits per heavy atom. The van der Waals surface area contributed by atoms with Crippen LogP contribution in [0.15, 0.2) is 37.2 Å². The van der Waals surface area contributed by atoms with Crippen molar-refractivity contribution >= 4 is 40.5 Å². The molecule has 1 aliphatic rings. The molecule has 2 aromatic heterocycles. The minimum Gasteiger partial charge on any atom is -0.494 e. The highest BCUT2D eigenvalue weighted by atomic mass is 35.5. The van der Waals surface area contributed by atoms with Crippen molar-refractivity contribution in [2.75, 3.05) is 49.8 Å². The van der Waals surface area contributed by atoms with E-state index in [2.05, 4.69) is 56.2 Å². The van der Waals surface area contributed by atoms with Gasteiger partial charge in [-0.25, -0.2) is 9.97 Å². The molecule has 1 amide bonds. The van der Waals surface area contributed by atoms with Crippen LogP contribution in [-0.2, 0) is 11.8 Å². The minimum absolute atomic E-state index is 0.295. The largest absolute Gasteiger partial charge is 0.494 e. The number of nitrogens with one attached hydrogen (secondary N) is 2. The number of aryl methyl sites for hydroxylation is 2. The molecule has 196 valence electrons. The molecule has 1 aliphatic heterocycles. The van der Waals surface area contributed by atoms with E-state index < -0.39 is 0 Å². The zero-order valence-corrected chi connectivity index (χ0v) is 22.6. The smallest absolute Gasteiger partial charge is 0.247 e. The van der Waals surface area contributed by atoms with Gasteiger partial charge in [-0.1, -0.05) is 18.2 Å². The maximum absolute atomic E-state index is 12.3. The molecule has 3 aromatic rings. The second-order valence-corrected chi connectivity index (χ2v) is 9.63. The van der Waals surface area contributed by atoms with E-state index in [0.29, 0.717) is 39.8 Å². The van der Waals surface area contributed by atoms with Gasteiger partial charge in [0, 0.05) is 55.8 Å². The average molecular weight is 525 g/mol. The molecule has 0 spiro atoms. The summed E-state index contributed by atoms with van der Waals surface area (Å²) in [6, 6.07) is 4.28. The first-order valence-corrected chi connectivity index (χ1v) is 12.4. The normalized spacial score (nSPS) is 14.1. The average Bonchev–Trinajstić information content (AvgIpc) is 3.21. The van der Waals surface area contributed by atoms with Gasteiger partial charge in [-0.05, 0) is 46.0 Å². The Labute approximate surface area is 222 Å². The van der Waals surface area contributed by atoms with Crippen LogP contribution in [0.25, 0.3) is 11.1 Å². The SMILES string of the molecule is C=CC(=O)Nc1cc(Nc2ncc(-c3cn(C)nc3C)c(Cl)n2)c(OC)cc1N1CCC(N(C)C)CC1. The van der Waals surface area contributed by atoms with Gasteiger partial charge in [-0.15, -0.1) is 0 Å². The van der Waals surface area contributed by atoms with Crippen LogP contribution in [0.5, 0.6) is 5.75 Å². The molecule has 3 heterocycles. The van der Waals surface area contributed by atoms with Crippen LogP contribution in [0, 0.1) is 6.92 Å². The number of rotatable bonds is 8. The van der Waals surface area contributed by atoms with Crippen LogP contribution >= 0.6 is 11.6 Å². The molecule has 0 aliphatic carbocycles. The summed E-state index contributed by atoms with van der Waals surface area (Å²) in [5.74, 6) is 0.596. The van der Waals surface area contributed by atoms with Gasteiger partial charge in [0.2, 0.25) is 11.9 Å². The number of benzene rings is 1. The topological polar surface area (TPSA) is 100 Å². The van der Waals surface area contributed by atoms with Gasteiger partial charge in [-0.3, -0.25) is 9.48 Å². The number of carbonyl (C=O) groups is 1. The lowest BCUT2D eigenvalue weighted by Gasteiger charge is -2.37. The van der Waals surface area contributed by atoms with Crippen molar-refractivity contribution in [3.05, 3.63) is 48.0 Å². The van der Waals surface area contributed by atoms with Crippen molar-refractivity contribution in [1.82, 2.24) is 24.6 Å². The van der Waals surface area contributed by atoms with E-state index in [1.54, 1.807) is 18.0 Å². The molecule has 2 N–H and O–H groups in total. The number of piperidine rings is 1. The van der Waals surface area contributed by atoms with E-state index in [1.165, 1.54) is 6.08 Å². The third kappa shape index (κ3) is 5.86. The summed E-state index contributed by atoms with van der Waals surface area (Å²) < 4.78 is 7.43. The highest BCUT2D eigenvalue weighted by Gasteiger charge is 2.24. The van der Waals surface area contributed by atoms with Gasteiger partial charge in [0.1, 0.15) is 10.9 Å². The summed E-state index contributed by atoms with van der Waals surface area (Å²) in [7, 11) is 7.67. The van der Waals surface area contributed by atoms with Gasteiger partial charge in [-0.2, -0.15) is 5.10 Å². The number of amides is 1. The molecular formula is C26H33ClN8O2. The lowest BCUT2D eigenvalue weighted by Crippen LogP contribution is -2.42. The van der Waals surface area contributed by atoms with Crippen molar-refractivity contribution in [2.24, 2.45) is 7.05 Å². The summed E-state index contributed by atoms with van der Waals surface area (Å²) in [6.45, 7) is 7.23. The number of halogens is 1. The Hall–Kier alpha value is -3.63. The molecule has 1 saturated heterocycles. The van der Waals surface area contributed by atoms with Gasteiger partial charge >= 0.3 is 0 Å². The van der Waals surface area contributed by atoms with Crippen LogP contribution in [0.4, 0.5) is 23.0 Å². The van der Waals surface area contributed by atoms with Gasteiger partial charge in [0.25, 0.3) is 0 Å². The standard InChI is InChI=1S/C26H33ClN8O2/c1-7-24(36)29-20-12-21(23(37-6)13-22(20)35-10-8-17(9-11-35)33(3)4)30-26-28-14-18(25(27)31-26)19-15-34(5)32-16(19)2/h7,12-15,17H,1,8-11H2,2-6H3,(H,29,36)(H,28,30,31). The highest BCUT2D eigenvalue weighted by molar-refractivity contribution is 6.32. The molecule has 0 atom stereocenters. The molecule has 0 saturated carbocycles. The fraction of sp³-hybridized carbons (Fsp3) is 0.385. The van der Waals surface area contributed by atoms with E-state index in [9.17, 15) is 4.79 Å². The second-order valence-electron chi connectivity index (χ2n) is 9.27. The molecule has 1 fully saturated rings. The zero-order valence-electron chi connectivity index (χ0n) is 21.9. The van der Waals surface area contributed by atoms with Crippen molar-refractivity contribution < 1.29 is 9.53 Å². The van der Waals surface area contributed by atoms with E-state index >= 15 is 0 Å². The molecule has 10 nitrogen and oxygen atoms in total. The predicted molar refractivity (Wildman–Crippen MR) is 148 cm³/mol. The van der Waals surface area contributed by atoms with Crippen LogP contribution in [0.3, 0.4) is 0 Å². The maximum atomic E-state index is 12.3. The third-order valence-corrected chi connectivity index (χ3v) is 6.88. The Morgan fingerprint density at radius 3 is 2.54 bits per heavy atom. The third-order valence-electron chi connectivity index (χ3n) is 6.59. The van der Waals surface area contributed by atoms with E-state index in [-0.39, 0.29) is 5.91 Å². The van der Waals surface area contributed by atoms with Crippen molar-refractivity contribution in [3.63, 3.8) is 0 Å². The number of ether oxygens (including phenoxy) is 1. The first-order chi connectivity index (χ1) is 17.7. The molecule has 1 aromatic carbocycles. The highest BCUT2D eigenvalue weighted by Crippen LogP contribution is 2.39. The summed E-state index contributed by atoms with van der Waals surface area (Å²) in [5, 5.41) is 10.8. The monoisotopic (exact) mass is 524 g/mol. The van der Waals surface area contributed by atoms with Gasteiger partial charge in [0.05, 0.1) is 29.9 Å². The first-order valence-electron chi connectivity index (χ1n) is 12.1. The van der Waals surface area contributed by atoms with Crippen molar-refractivity contribution in [3.8, 4) is 16.9 Å². The number of carbonyl (C=O) groups excluding carboxylic acids is 1. The summed E-state index contributed by atoms with van der Waals surface area (Å²) >= 11 is 6.53. The van der Waals surface area contributed by atoms with Gasteiger partial charge < -0.3 is 25.2 Å². The maximum Gasteiger partial charge on any atom is 0.247 e. The van der Waals surface area contributed by atoms with Crippen molar-refractivity contribution in [1.29, 1.82) is 0 Å². The molecule has 0 bridgehead atoms. The summed E-state index contributed by atoms with van der Waals surface area (Å²) in [4.78, 5) is 25.7. The van der Waals surface area contributed by atoms with Crippen molar-refractivity contribution in [2.45, 2.75) is 25.8 Å². The van der Waals surface area contributed by atoms with E-state index in [1.807, 2.05) is 32.3 Å². The number of aromatic nitrogens is 4. The number of anilines is 4. The Kier molecular flexibility index (Phi) is 7.99. The quantitative estimate of drug-likeness (QED) is 0.333. The zero-order chi connectivity index (χ0) is 26.7. The lowest BCUT2D eigenvalue weighted by molar-refractivity contribution is -0.111. The van der Waals surface area contributed by atoms with Crippen LogP contribution in [-0.4, -0.2) is 70.9 Å². The Bertz CT molecular complexity index is 1300. The summed E-state index contributed by atoms with van der Waals surface area (Å²) in [6.07, 6.45) is 6.85. The Balaban J connectivity index is 1.65. The fourth-order valence-corrected chi connectivity index (χ4v) is 4.82. The van der Waals surface area contributed by atoms with Gasteiger partial charge in [0.15, 0.2) is 0 Å². The second kappa shape index (κ2) is 11.2. The fourth-order valence-electron chi connectivity index (χ4n) is 4.59. The van der Waals surface area contributed by atoms with Crippen LogP contribution < -0.4 is 20.3 Å². The molecule has 0 unspecified atom stereocenters. The molecular weight excluding hydrogens is 492 g/mol. The van der Waals surface area contributed by atoms with Crippen LogP contribution in [0.2, 0.25) is 5.15 Å².